The fourth-order valence-corrected chi connectivity index (χ4v) is 4.37. The largest absolute Gasteiger partial charge is 0.451 e. The lowest BCUT2D eigenvalue weighted by atomic mass is 10.2. The van der Waals surface area contributed by atoms with E-state index in [4.69, 9.17) is 51.4 Å². The van der Waals surface area contributed by atoms with Gasteiger partial charge in [-0.3, -0.25) is 10.1 Å². The van der Waals surface area contributed by atoms with Crippen molar-refractivity contribution >= 4 is 69.4 Å². The van der Waals surface area contributed by atoms with Crippen LogP contribution in [0.15, 0.2) is 52.9 Å². The Labute approximate surface area is 200 Å². The van der Waals surface area contributed by atoms with Gasteiger partial charge in [0.05, 0.1) is 21.4 Å². The molecule has 9 heteroatoms. The fourth-order valence-electron chi connectivity index (χ4n) is 3.49. The van der Waals surface area contributed by atoms with E-state index >= 15 is 0 Å². The van der Waals surface area contributed by atoms with Crippen molar-refractivity contribution in [2.24, 2.45) is 0 Å². The molecule has 2 aromatic carbocycles. The van der Waals surface area contributed by atoms with E-state index in [-0.39, 0.29) is 10.9 Å². The maximum Gasteiger partial charge on any atom is 0.293 e. The van der Waals surface area contributed by atoms with Crippen molar-refractivity contribution in [3.63, 3.8) is 0 Å². The summed E-state index contributed by atoms with van der Waals surface area (Å²) in [5.74, 6) is 0.0513. The van der Waals surface area contributed by atoms with Crippen LogP contribution in [0.5, 0.6) is 0 Å². The molecule has 1 saturated heterocycles. The summed E-state index contributed by atoms with van der Waals surface area (Å²) in [6, 6.07) is 13.8. The lowest BCUT2D eigenvalue weighted by Crippen LogP contribution is -2.34. The van der Waals surface area contributed by atoms with Crippen LogP contribution in [0.3, 0.4) is 0 Å². The van der Waals surface area contributed by atoms with Crippen LogP contribution in [0.4, 0.5) is 11.4 Å². The molecule has 2 N–H and O–H groups in total. The molecule has 4 rings (SSSR count). The Bertz CT molecular complexity index is 1140. The van der Waals surface area contributed by atoms with Crippen LogP contribution in [0.25, 0.3) is 11.3 Å². The minimum atomic E-state index is -0.480. The predicted molar refractivity (Wildman–Crippen MR) is 131 cm³/mol. The number of carbonyl (C=O) groups excluding carboxylic acids is 1. The lowest BCUT2D eigenvalue weighted by Gasteiger charge is -2.23. The summed E-state index contributed by atoms with van der Waals surface area (Å²) in [5.41, 5.74) is 2.22. The van der Waals surface area contributed by atoms with E-state index in [9.17, 15) is 4.79 Å². The van der Waals surface area contributed by atoms with Gasteiger partial charge in [-0.25, -0.2) is 0 Å². The molecule has 2 heterocycles. The molecule has 0 bridgehead atoms. The summed E-state index contributed by atoms with van der Waals surface area (Å²) in [6.45, 7) is 1.86. The zero-order valence-corrected chi connectivity index (χ0v) is 19.3. The summed E-state index contributed by atoms with van der Waals surface area (Å²) in [5, 5.41) is 7.48. The van der Waals surface area contributed by atoms with Gasteiger partial charge in [-0.05, 0) is 67.5 Å². The van der Waals surface area contributed by atoms with E-state index in [1.54, 1.807) is 30.3 Å². The van der Waals surface area contributed by atoms with Crippen LogP contribution < -0.4 is 15.5 Å². The SMILES string of the molecule is O=C(NC(=S)Nc1cccc(Cl)c1N1CCCC1)c1ccc(-c2cc(Cl)ccc2Cl)o1. The van der Waals surface area contributed by atoms with E-state index in [1.807, 2.05) is 18.2 Å². The van der Waals surface area contributed by atoms with Gasteiger partial charge in [0.15, 0.2) is 10.9 Å². The molecule has 1 amide bonds. The highest BCUT2D eigenvalue weighted by Crippen LogP contribution is 2.36. The normalized spacial score (nSPS) is 13.3. The molecule has 0 unspecified atom stereocenters. The van der Waals surface area contributed by atoms with Crippen LogP contribution in [0.1, 0.15) is 23.4 Å². The Morgan fingerprint density at radius 1 is 1.00 bits per heavy atom. The first-order valence-corrected chi connectivity index (χ1v) is 11.2. The zero-order valence-electron chi connectivity index (χ0n) is 16.3. The second kappa shape index (κ2) is 9.49. The predicted octanol–water partition coefficient (Wildman–Crippen LogP) is 6.63. The molecule has 5 nitrogen and oxygen atoms in total. The van der Waals surface area contributed by atoms with Gasteiger partial charge in [-0.1, -0.05) is 40.9 Å². The van der Waals surface area contributed by atoms with Gasteiger partial charge in [0, 0.05) is 23.7 Å². The van der Waals surface area contributed by atoms with Crippen LogP contribution >= 0.6 is 47.0 Å². The van der Waals surface area contributed by atoms with Gasteiger partial charge in [0.25, 0.3) is 5.91 Å². The first-order chi connectivity index (χ1) is 14.9. The third-order valence-electron chi connectivity index (χ3n) is 4.91. The molecule has 0 aliphatic carbocycles. The van der Waals surface area contributed by atoms with Crippen LogP contribution in [-0.4, -0.2) is 24.1 Å². The van der Waals surface area contributed by atoms with Crippen molar-refractivity contribution in [2.75, 3.05) is 23.3 Å². The van der Waals surface area contributed by atoms with Gasteiger partial charge < -0.3 is 14.6 Å². The van der Waals surface area contributed by atoms with Crippen molar-refractivity contribution in [1.29, 1.82) is 0 Å². The van der Waals surface area contributed by atoms with E-state index in [1.165, 1.54) is 0 Å². The molecular formula is C22H18Cl3N3O2S. The molecule has 3 aromatic rings. The van der Waals surface area contributed by atoms with Crippen molar-refractivity contribution in [3.05, 3.63) is 69.4 Å². The average Bonchev–Trinajstić information content (AvgIpc) is 3.42. The number of hydrogen-bond acceptors (Lipinski definition) is 4. The second-order valence-corrected chi connectivity index (χ2v) is 8.69. The number of rotatable bonds is 4. The number of hydrogen-bond donors (Lipinski definition) is 2. The minimum absolute atomic E-state index is 0.0982. The molecule has 0 spiro atoms. The summed E-state index contributed by atoms with van der Waals surface area (Å²) in [7, 11) is 0. The number of nitrogens with zero attached hydrogens (tertiary/aromatic N) is 1. The van der Waals surface area contributed by atoms with Crippen molar-refractivity contribution in [1.82, 2.24) is 5.32 Å². The molecule has 1 aromatic heterocycles. The number of carbonyl (C=O) groups is 1. The number of thiocarbonyl (C=S) groups is 1. The molecule has 160 valence electrons. The van der Waals surface area contributed by atoms with Gasteiger partial charge >= 0.3 is 0 Å². The Kier molecular flexibility index (Phi) is 6.72. The van der Waals surface area contributed by atoms with Crippen molar-refractivity contribution in [3.8, 4) is 11.3 Å². The molecule has 0 radical (unpaired) electrons. The molecule has 1 fully saturated rings. The number of para-hydroxylation sites is 1. The monoisotopic (exact) mass is 493 g/mol. The number of anilines is 2. The van der Waals surface area contributed by atoms with Gasteiger partial charge in [-0.2, -0.15) is 0 Å². The molecule has 1 aliphatic heterocycles. The number of amides is 1. The summed E-state index contributed by atoms with van der Waals surface area (Å²) in [4.78, 5) is 14.8. The highest BCUT2D eigenvalue weighted by molar-refractivity contribution is 7.80. The van der Waals surface area contributed by atoms with Crippen molar-refractivity contribution < 1.29 is 9.21 Å². The third-order valence-corrected chi connectivity index (χ3v) is 5.98. The highest BCUT2D eigenvalue weighted by Gasteiger charge is 2.20. The van der Waals surface area contributed by atoms with Crippen LogP contribution in [0.2, 0.25) is 15.1 Å². The highest BCUT2D eigenvalue weighted by atomic mass is 35.5. The van der Waals surface area contributed by atoms with E-state index < -0.39 is 5.91 Å². The Balaban J connectivity index is 1.47. The Hall–Kier alpha value is -2.25. The molecule has 0 atom stereocenters. The van der Waals surface area contributed by atoms with Crippen LogP contribution in [0, 0.1) is 0 Å². The minimum Gasteiger partial charge on any atom is -0.451 e. The number of benzene rings is 2. The quantitative estimate of drug-likeness (QED) is 0.398. The Morgan fingerprint density at radius 3 is 2.55 bits per heavy atom. The van der Waals surface area contributed by atoms with Crippen LogP contribution in [-0.2, 0) is 0 Å². The summed E-state index contributed by atoms with van der Waals surface area (Å²) < 4.78 is 5.67. The molecule has 1 aliphatic rings. The van der Waals surface area contributed by atoms with Gasteiger partial charge in [0.2, 0.25) is 0 Å². The third kappa shape index (κ3) is 4.99. The summed E-state index contributed by atoms with van der Waals surface area (Å²) >= 11 is 24.0. The lowest BCUT2D eigenvalue weighted by molar-refractivity contribution is 0.0951. The maximum absolute atomic E-state index is 12.6. The molecule has 31 heavy (non-hydrogen) atoms. The topological polar surface area (TPSA) is 57.5 Å². The van der Waals surface area contributed by atoms with Gasteiger partial charge in [-0.15, -0.1) is 0 Å². The van der Waals surface area contributed by atoms with E-state index in [0.717, 1.165) is 37.3 Å². The molecule has 0 saturated carbocycles. The second-order valence-electron chi connectivity index (χ2n) is 7.03. The number of nitrogens with one attached hydrogen (secondary N) is 2. The maximum atomic E-state index is 12.6. The Morgan fingerprint density at radius 2 is 1.77 bits per heavy atom. The van der Waals surface area contributed by atoms with Crippen molar-refractivity contribution in [2.45, 2.75) is 12.8 Å². The van der Waals surface area contributed by atoms with E-state index in [2.05, 4.69) is 15.5 Å². The standard InChI is InChI=1S/C22H18Cl3N3O2S/c23-13-6-7-15(24)14(12-13)18-8-9-19(30-18)21(29)27-22(31)26-17-5-3-4-16(25)20(17)28-10-1-2-11-28/h3-9,12H,1-2,10-11H2,(H2,26,27,29,31). The first-order valence-electron chi connectivity index (χ1n) is 9.63. The number of furan rings is 1. The average molecular weight is 495 g/mol. The van der Waals surface area contributed by atoms with Gasteiger partial charge in [0.1, 0.15) is 5.76 Å². The molecular weight excluding hydrogens is 477 g/mol. The number of halogens is 3. The first kappa shape index (κ1) is 22.0. The zero-order chi connectivity index (χ0) is 22.0. The fraction of sp³-hybridized carbons (Fsp3) is 0.182. The van der Waals surface area contributed by atoms with E-state index in [0.29, 0.717) is 26.4 Å². The summed E-state index contributed by atoms with van der Waals surface area (Å²) in [6.07, 6.45) is 2.23. The smallest absolute Gasteiger partial charge is 0.293 e.